The number of nitrogens with two attached hydrogens (primary N) is 1. The second-order valence-corrected chi connectivity index (χ2v) is 3.60. The van der Waals surface area contributed by atoms with Crippen LogP contribution in [0.3, 0.4) is 0 Å². The molecule has 0 aromatic heterocycles. The Morgan fingerprint density at radius 3 is 2.75 bits per heavy atom. The molecule has 0 aromatic rings. The highest BCUT2D eigenvalue weighted by atomic mass is 16.5. The third-order valence-corrected chi connectivity index (χ3v) is 2.97. The van der Waals surface area contributed by atoms with Gasteiger partial charge in [0.15, 0.2) is 0 Å². The SMILES string of the molecule is CCN(C)C1(CN)CCCOC1. The Morgan fingerprint density at radius 2 is 2.33 bits per heavy atom. The summed E-state index contributed by atoms with van der Waals surface area (Å²) in [5.41, 5.74) is 5.91. The molecule has 1 unspecified atom stereocenters. The van der Waals surface area contributed by atoms with Crippen LogP contribution in [0.1, 0.15) is 19.8 Å². The minimum atomic E-state index is 0.118. The highest BCUT2D eigenvalue weighted by molar-refractivity contribution is 4.91. The van der Waals surface area contributed by atoms with Crippen LogP contribution in [0.25, 0.3) is 0 Å². The zero-order chi connectivity index (χ0) is 9.03. The van der Waals surface area contributed by atoms with Crippen LogP contribution in [0.4, 0.5) is 0 Å². The number of hydrogen-bond donors (Lipinski definition) is 1. The van der Waals surface area contributed by atoms with Gasteiger partial charge in [-0.25, -0.2) is 0 Å². The van der Waals surface area contributed by atoms with Gasteiger partial charge in [0.25, 0.3) is 0 Å². The molecule has 0 bridgehead atoms. The van der Waals surface area contributed by atoms with E-state index in [1.54, 1.807) is 0 Å². The standard InChI is InChI=1S/C9H20N2O/c1-3-11(2)9(7-10)5-4-6-12-8-9/h3-8,10H2,1-2H3. The summed E-state index contributed by atoms with van der Waals surface area (Å²) in [4.78, 5) is 2.31. The molecule has 0 amide bonds. The Morgan fingerprint density at radius 1 is 1.58 bits per heavy atom. The maximum atomic E-state index is 5.79. The minimum absolute atomic E-state index is 0.118. The fourth-order valence-electron chi connectivity index (χ4n) is 1.79. The summed E-state index contributed by atoms with van der Waals surface area (Å²) in [7, 11) is 2.13. The Balaban J connectivity index is 2.59. The Hall–Kier alpha value is -0.120. The van der Waals surface area contributed by atoms with Crippen LogP contribution in [-0.2, 0) is 4.74 Å². The van der Waals surface area contributed by atoms with Crippen LogP contribution >= 0.6 is 0 Å². The number of hydrogen-bond acceptors (Lipinski definition) is 3. The van der Waals surface area contributed by atoms with E-state index in [2.05, 4.69) is 18.9 Å². The predicted octanol–water partition coefficient (Wildman–Crippen LogP) is 0.446. The van der Waals surface area contributed by atoms with Crippen molar-refractivity contribution in [1.29, 1.82) is 0 Å². The minimum Gasteiger partial charge on any atom is -0.379 e. The highest BCUT2D eigenvalue weighted by Gasteiger charge is 2.34. The summed E-state index contributed by atoms with van der Waals surface area (Å²) < 4.78 is 5.48. The first-order valence-corrected chi connectivity index (χ1v) is 4.74. The van der Waals surface area contributed by atoms with Gasteiger partial charge < -0.3 is 10.5 Å². The third-order valence-electron chi connectivity index (χ3n) is 2.97. The summed E-state index contributed by atoms with van der Waals surface area (Å²) >= 11 is 0. The highest BCUT2D eigenvalue weighted by Crippen LogP contribution is 2.23. The summed E-state index contributed by atoms with van der Waals surface area (Å²) in [6, 6.07) is 0. The number of rotatable bonds is 3. The molecule has 3 nitrogen and oxygen atoms in total. The first-order valence-electron chi connectivity index (χ1n) is 4.74. The molecule has 0 spiro atoms. The molecule has 1 aliphatic heterocycles. The normalized spacial score (nSPS) is 31.0. The fraction of sp³-hybridized carbons (Fsp3) is 1.00. The van der Waals surface area contributed by atoms with Crippen molar-refractivity contribution in [3.05, 3.63) is 0 Å². The zero-order valence-electron chi connectivity index (χ0n) is 8.18. The van der Waals surface area contributed by atoms with Gasteiger partial charge in [0.05, 0.1) is 12.1 Å². The van der Waals surface area contributed by atoms with Crippen molar-refractivity contribution in [2.24, 2.45) is 5.73 Å². The average molecular weight is 172 g/mol. The smallest absolute Gasteiger partial charge is 0.0662 e. The van der Waals surface area contributed by atoms with Crippen molar-refractivity contribution in [1.82, 2.24) is 4.90 Å². The lowest BCUT2D eigenvalue weighted by atomic mass is 9.91. The van der Waals surface area contributed by atoms with Gasteiger partial charge in [-0.1, -0.05) is 6.92 Å². The Labute approximate surface area is 74.9 Å². The van der Waals surface area contributed by atoms with Crippen LogP contribution < -0.4 is 5.73 Å². The van der Waals surface area contributed by atoms with Crippen molar-refractivity contribution in [3.63, 3.8) is 0 Å². The molecule has 1 heterocycles. The molecule has 1 fully saturated rings. The van der Waals surface area contributed by atoms with E-state index in [0.717, 1.165) is 26.2 Å². The van der Waals surface area contributed by atoms with E-state index in [-0.39, 0.29) is 5.54 Å². The largest absolute Gasteiger partial charge is 0.379 e. The third kappa shape index (κ3) is 1.79. The van der Waals surface area contributed by atoms with Gasteiger partial charge in [-0.2, -0.15) is 0 Å². The van der Waals surface area contributed by atoms with Crippen LogP contribution in [-0.4, -0.2) is 43.8 Å². The first kappa shape index (κ1) is 9.96. The molecule has 1 rings (SSSR count). The average Bonchev–Trinajstić information content (AvgIpc) is 2.17. The molecular formula is C9H20N2O. The molecular weight excluding hydrogens is 152 g/mol. The van der Waals surface area contributed by atoms with Crippen molar-refractivity contribution in [3.8, 4) is 0 Å². The van der Waals surface area contributed by atoms with Gasteiger partial charge in [-0.05, 0) is 26.4 Å². The zero-order valence-corrected chi connectivity index (χ0v) is 8.18. The summed E-state index contributed by atoms with van der Waals surface area (Å²) in [5, 5.41) is 0. The van der Waals surface area contributed by atoms with Gasteiger partial charge in [-0.3, -0.25) is 4.90 Å². The lowest BCUT2D eigenvalue weighted by Gasteiger charge is -2.43. The summed E-state index contributed by atoms with van der Waals surface area (Å²) in [6.07, 6.45) is 2.31. The van der Waals surface area contributed by atoms with E-state index < -0.39 is 0 Å². The molecule has 0 aromatic carbocycles. The summed E-state index contributed by atoms with van der Waals surface area (Å²) in [5.74, 6) is 0. The Kier molecular flexibility index (Phi) is 3.50. The first-order chi connectivity index (χ1) is 5.75. The van der Waals surface area contributed by atoms with Crippen LogP contribution in [0.5, 0.6) is 0 Å². The lowest BCUT2D eigenvalue weighted by Crippen LogP contribution is -2.57. The monoisotopic (exact) mass is 172 g/mol. The number of nitrogens with zero attached hydrogens (tertiary/aromatic N) is 1. The van der Waals surface area contributed by atoms with Gasteiger partial charge in [0.2, 0.25) is 0 Å². The van der Waals surface area contributed by atoms with Crippen molar-refractivity contribution >= 4 is 0 Å². The van der Waals surface area contributed by atoms with Crippen molar-refractivity contribution in [2.75, 3.05) is 33.4 Å². The molecule has 1 aliphatic rings. The van der Waals surface area contributed by atoms with Crippen LogP contribution in [0, 0.1) is 0 Å². The fourth-order valence-corrected chi connectivity index (χ4v) is 1.79. The van der Waals surface area contributed by atoms with E-state index in [1.165, 1.54) is 6.42 Å². The maximum Gasteiger partial charge on any atom is 0.0662 e. The molecule has 3 heteroatoms. The molecule has 0 radical (unpaired) electrons. The number of likely N-dealkylation sites (N-methyl/N-ethyl adjacent to an activating group) is 1. The van der Waals surface area contributed by atoms with E-state index in [1.807, 2.05) is 0 Å². The quantitative estimate of drug-likeness (QED) is 0.671. The van der Waals surface area contributed by atoms with E-state index in [4.69, 9.17) is 10.5 Å². The van der Waals surface area contributed by atoms with Crippen molar-refractivity contribution < 1.29 is 4.74 Å². The number of ether oxygens (including phenoxy) is 1. The molecule has 0 saturated carbocycles. The molecule has 0 aliphatic carbocycles. The van der Waals surface area contributed by atoms with Gasteiger partial charge in [0, 0.05) is 13.2 Å². The second kappa shape index (κ2) is 4.21. The Bertz CT molecular complexity index is 132. The topological polar surface area (TPSA) is 38.5 Å². The molecule has 2 N–H and O–H groups in total. The van der Waals surface area contributed by atoms with E-state index >= 15 is 0 Å². The van der Waals surface area contributed by atoms with Gasteiger partial charge in [-0.15, -0.1) is 0 Å². The van der Waals surface area contributed by atoms with Crippen molar-refractivity contribution in [2.45, 2.75) is 25.3 Å². The van der Waals surface area contributed by atoms with E-state index in [0.29, 0.717) is 6.54 Å². The molecule has 72 valence electrons. The van der Waals surface area contributed by atoms with Crippen LogP contribution in [0.2, 0.25) is 0 Å². The molecule has 12 heavy (non-hydrogen) atoms. The van der Waals surface area contributed by atoms with Crippen LogP contribution in [0.15, 0.2) is 0 Å². The lowest BCUT2D eigenvalue weighted by molar-refractivity contribution is -0.0321. The van der Waals surface area contributed by atoms with Gasteiger partial charge >= 0.3 is 0 Å². The predicted molar refractivity (Wildman–Crippen MR) is 50.1 cm³/mol. The molecule has 1 atom stereocenters. The molecule has 1 saturated heterocycles. The maximum absolute atomic E-state index is 5.79. The van der Waals surface area contributed by atoms with E-state index in [9.17, 15) is 0 Å². The summed E-state index contributed by atoms with van der Waals surface area (Å²) in [6.45, 7) is 5.61. The second-order valence-electron chi connectivity index (χ2n) is 3.60. The van der Waals surface area contributed by atoms with Gasteiger partial charge in [0.1, 0.15) is 0 Å².